The van der Waals surface area contributed by atoms with Crippen LogP contribution in [0.4, 0.5) is 11.8 Å². The van der Waals surface area contributed by atoms with Crippen LogP contribution in [0.15, 0.2) is 12.7 Å². The molecule has 3 heterocycles. The molecular weight excluding hydrogens is 234 g/mol. The van der Waals surface area contributed by atoms with Crippen LogP contribution in [0.25, 0.3) is 11.2 Å². The standard InChI is InChI=1S/C9H11N9/c1-4(7-15-9(11)17-16-7)18-3-14-5-6(10)12-2-13-8(5)18/h2-4H,1H3,(H2,10,12,13)(H3,11,15,16,17). The molecule has 3 aromatic rings. The van der Waals surface area contributed by atoms with Crippen LogP contribution < -0.4 is 11.5 Å². The van der Waals surface area contributed by atoms with E-state index in [0.717, 1.165) is 0 Å². The second-order valence-electron chi connectivity index (χ2n) is 3.84. The minimum Gasteiger partial charge on any atom is -0.382 e. The topological polar surface area (TPSA) is 137 Å². The number of imidazole rings is 1. The second kappa shape index (κ2) is 3.65. The highest BCUT2D eigenvalue weighted by Crippen LogP contribution is 2.21. The zero-order valence-corrected chi connectivity index (χ0v) is 9.57. The lowest BCUT2D eigenvalue weighted by atomic mass is 10.3. The van der Waals surface area contributed by atoms with Crippen molar-refractivity contribution in [3.05, 3.63) is 18.5 Å². The van der Waals surface area contributed by atoms with E-state index in [9.17, 15) is 0 Å². The third kappa shape index (κ3) is 1.44. The summed E-state index contributed by atoms with van der Waals surface area (Å²) in [4.78, 5) is 16.3. The maximum atomic E-state index is 5.73. The number of fused-ring (bicyclic) bond motifs is 1. The summed E-state index contributed by atoms with van der Waals surface area (Å²) in [7, 11) is 0. The minimum absolute atomic E-state index is 0.130. The normalized spacial score (nSPS) is 12.9. The zero-order valence-electron chi connectivity index (χ0n) is 9.57. The average molecular weight is 245 g/mol. The number of aromatic nitrogens is 7. The predicted octanol–water partition coefficient (Wildman–Crippen LogP) is -0.282. The number of nitrogens with zero attached hydrogens (tertiary/aromatic N) is 6. The van der Waals surface area contributed by atoms with E-state index in [-0.39, 0.29) is 12.0 Å². The number of anilines is 2. The third-order valence-corrected chi connectivity index (χ3v) is 2.72. The summed E-state index contributed by atoms with van der Waals surface area (Å²) in [5.74, 6) is 1.18. The lowest BCUT2D eigenvalue weighted by Gasteiger charge is -2.10. The van der Waals surface area contributed by atoms with Crippen molar-refractivity contribution in [2.24, 2.45) is 0 Å². The van der Waals surface area contributed by atoms with Gasteiger partial charge in [0.1, 0.15) is 17.7 Å². The van der Waals surface area contributed by atoms with Gasteiger partial charge < -0.3 is 16.0 Å². The number of rotatable bonds is 2. The van der Waals surface area contributed by atoms with Crippen LogP contribution in [0, 0.1) is 0 Å². The number of hydrogen-bond acceptors (Lipinski definition) is 7. The van der Waals surface area contributed by atoms with Gasteiger partial charge in [0.05, 0.1) is 12.4 Å². The Labute approximate surface area is 101 Å². The maximum Gasteiger partial charge on any atom is 0.239 e. The molecule has 5 N–H and O–H groups in total. The van der Waals surface area contributed by atoms with Crippen LogP contribution in [0.2, 0.25) is 0 Å². The van der Waals surface area contributed by atoms with Gasteiger partial charge in [0.25, 0.3) is 0 Å². The highest BCUT2D eigenvalue weighted by atomic mass is 15.3. The van der Waals surface area contributed by atoms with Gasteiger partial charge in [-0.15, -0.1) is 5.10 Å². The maximum absolute atomic E-state index is 5.73. The van der Waals surface area contributed by atoms with E-state index in [4.69, 9.17) is 11.5 Å². The Bertz CT molecular complexity index is 697. The first kappa shape index (κ1) is 10.4. The average Bonchev–Trinajstić information content (AvgIpc) is 2.95. The van der Waals surface area contributed by atoms with E-state index in [1.807, 2.05) is 11.5 Å². The fourth-order valence-electron chi connectivity index (χ4n) is 1.76. The quantitative estimate of drug-likeness (QED) is 0.564. The number of hydrogen-bond donors (Lipinski definition) is 3. The lowest BCUT2D eigenvalue weighted by Crippen LogP contribution is -2.08. The molecule has 0 aromatic carbocycles. The molecule has 3 rings (SSSR count). The van der Waals surface area contributed by atoms with Crippen LogP contribution in [-0.4, -0.2) is 34.7 Å². The van der Waals surface area contributed by atoms with Crippen LogP contribution >= 0.6 is 0 Å². The van der Waals surface area contributed by atoms with Crippen molar-refractivity contribution in [2.45, 2.75) is 13.0 Å². The van der Waals surface area contributed by atoms with Crippen molar-refractivity contribution < 1.29 is 0 Å². The Balaban J connectivity index is 2.12. The van der Waals surface area contributed by atoms with Gasteiger partial charge in [-0.3, -0.25) is 5.10 Å². The molecule has 0 spiro atoms. The van der Waals surface area contributed by atoms with E-state index in [0.29, 0.717) is 22.8 Å². The summed E-state index contributed by atoms with van der Waals surface area (Å²) in [5, 5.41) is 6.56. The molecule has 0 amide bonds. The fourth-order valence-corrected chi connectivity index (χ4v) is 1.76. The van der Waals surface area contributed by atoms with Gasteiger partial charge in [-0.25, -0.2) is 15.0 Å². The summed E-state index contributed by atoms with van der Waals surface area (Å²) in [5.41, 5.74) is 12.4. The Kier molecular flexibility index (Phi) is 2.12. The molecule has 0 fully saturated rings. The van der Waals surface area contributed by atoms with Crippen molar-refractivity contribution >= 4 is 22.9 Å². The molecule has 1 atom stereocenters. The third-order valence-electron chi connectivity index (χ3n) is 2.72. The smallest absolute Gasteiger partial charge is 0.239 e. The molecular formula is C9H11N9. The Hall–Kier alpha value is -2.71. The summed E-state index contributed by atoms with van der Waals surface area (Å²) in [6.45, 7) is 1.93. The largest absolute Gasteiger partial charge is 0.382 e. The molecule has 9 heteroatoms. The molecule has 18 heavy (non-hydrogen) atoms. The summed E-state index contributed by atoms with van der Waals surface area (Å²) >= 11 is 0. The minimum atomic E-state index is -0.130. The number of nitrogen functional groups attached to an aromatic ring is 2. The van der Waals surface area contributed by atoms with Crippen LogP contribution in [-0.2, 0) is 0 Å². The van der Waals surface area contributed by atoms with Crippen LogP contribution in [0.3, 0.4) is 0 Å². The van der Waals surface area contributed by atoms with Gasteiger partial charge >= 0.3 is 0 Å². The van der Waals surface area contributed by atoms with E-state index < -0.39 is 0 Å². The Morgan fingerprint density at radius 2 is 2.11 bits per heavy atom. The molecule has 0 aliphatic carbocycles. The molecule has 0 saturated carbocycles. The SMILES string of the molecule is CC(c1nc(N)n[nH]1)n1cnc2c(N)ncnc21. The fraction of sp³-hybridized carbons (Fsp3) is 0.222. The number of nitrogens with one attached hydrogen (secondary N) is 1. The molecule has 92 valence electrons. The van der Waals surface area contributed by atoms with E-state index in [2.05, 4.69) is 30.1 Å². The van der Waals surface area contributed by atoms with Gasteiger partial charge in [0.15, 0.2) is 11.5 Å². The van der Waals surface area contributed by atoms with Gasteiger partial charge in [-0.05, 0) is 6.92 Å². The lowest BCUT2D eigenvalue weighted by molar-refractivity contribution is 0.613. The molecule has 3 aromatic heterocycles. The zero-order chi connectivity index (χ0) is 12.7. The summed E-state index contributed by atoms with van der Waals surface area (Å²) in [6.07, 6.45) is 3.04. The van der Waals surface area contributed by atoms with Crippen molar-refractivity contribution in [2.75, 3.05) is 11.5 Å². The first-order chi connectivity index (χ1) is 8.66. The molecule has 0 bridgehead atoms. The second-order valence-corrected chi connectivity index (χ2v) is 3.84. The molecule has 0 aliphatic rings. The van der Waals surface area contributed by atoms with Gasteiger partial charge in [0.2, 0.25) is 5.95 Å². The Morgan fingerprint density at radius 3 is 2.83 bits per heavy atom. The van der Waals surface area contributed by atoms with Gasteiger partial charge in [-0.1, -0.05) is 0 Å². The van der Waals surface area contributed by atoms with Crippen molar-refractivity contribution in [1.29, 1.82) is 0 Å². The predicted molar refractivity (Wildman–Crippen MR) is 64.3 cm³/mol. The van der Waals surface area contributed by atoms with Crippen LogP contribution in [0.1, 0.15) is 18.8 Å². The molecule has 0 radical (unpaired) electrons. The monoisotopic (exact) mass is 245 g/mol. The first-order valence-corrected chi connectivity index (χ1v) is 5.27. The van der Waals surface area contributed by atoms with Crippen molar-refractivity contribution in [3.63, 3.8) is 0 Å². The van der Waals surface area contributed by atoms with Crippen molar-refractivity contribution in [1.82, 2.24) is 34.7 Å². The summed E-state index contributed by atoms with van der Waals surface area (Å²) < 4.78 is 1.83. The number of nitrogens with two attached hydrogens (primary N) is 2. The van der Waals surface area contributed by atoms with Crippen molar-refractivity contribution in [3.8, 4) is 0 Å². The first-order valence-electron chi connectivity index (χ1n) is 5.27. The summed E-state index contributed by atoms with van der Waals surface area (Å²) in [6, 6.07) is -0.130. The number of aromatic amines is 1. The van der Waals surface area contributed by atoms with E-state index >= 15 is 0 Å². The number of H-pyrrole nitrogens is 1. The van der Waals surface area contributed by atoms with Crippen LogP contribution in [0.5, 0.6) is 0 Å². The highest BCUT2D eigenvalue weighted by Gasteiger charge is 2.16. The molecule has 0 saturated heterocycles. The Morgan fingerprint density at radius 1 is 1.28 bits per heavy atom. The van der Waals surface area contributed by atoms with E-state index in [1.54, 1.807) is 6.33 Å². The van der Waals surface area contributed by atoms with Gasteiger partial charge in [-0.2, -0.15) is 4.98 Å². The molecule has 1 unspecified atom stereocenters. The van der Waals surface area contributed by atoms with E-state index in [1.165, 1.54) is 6.33 Å². The molecule has 9 nitrogen and oxygen atoms in total. The molecule has 0 aliphatic heterocycles. The van der Waals surface area contributed by atoms with Gasteiger partial charge in [0, 0.05) is 0 Å². The highest BCUT2D eigenvalue weighted by molar-refractivity contribution is 5.81.